The molecular formula is C25H25BrN4O2. The molecule has 0 saturated carbocycles. The number of nitrogens with zero attached hydrogens (tertiary/aromatic N) is 1. The summed E-state index contributed by atoms with van der Waals surface area (Å²) in [7, 11) is 0. The highest BCUT2D eigenvalue weighted by molar-refractivity contribution is 9.10. The first-order valence-electron chi connectivity index (χ1n) is 10.4. The van der Waals surface area contributed by atoms with E-state index in [1.54, 1.807) is 6.21 Å². The van der Waals surface area contributed by atoms with Gasteiger partial charge in [-0.3, -0.25) is 4.79 Å². The van der Waals surface area contributed by atoms with Gasteiger partial charge in [0, 0.05) is 10.5 Å². The summed E-state index contributed by atoms with van der Waals surface area (Å²) in [5.41, 5.74) is 13.2. The van der Waals surface area contributed by atoms with Gasteiger partial charge in [0.1, 0.15) is 18.4 Å². The smallest absolute Gasteiger partial charge is 0.258 e. The molecule has 2 atom stereocenters. The standard InChI is InChI=1S/C25H25BrN4O2/c1-17-5-7-18(8-6-17)16-32-22-11-9-20(10-12-22)23-14-24(29-28-23)25(31)30-27-15-19-3-2-4-21(26)13-19/h2-13,15,23-24,28-29H,14,16H2,1H3,(H,30,31)/b27-15+. The van der Waals surface area contributed by atoms with Gasteiger partial charge in [-0.05, 0) is 54.3 Å². The molecule has 0 aromatic heterocycles. The van der Waals surface area contributed by atoms with E-state index in [9.17, 15) is 4.79 Å². The van der Waals surface area contributed by atoms with Gasteiger partial charge in [-0.1, -0.05) is 70.0 Å². The summed E-state index contributed by atoms with van der Waals surface area (Å²) in [5, 5.41) is 4.06. The number of benzene rings is 3. The lowest BCUT2D eigenvalue weighted by atomic mass is 10.0. The topological polar surface area (TPSA) is 74.8 Å². The number of halogens is 1. The average Bonchev–Trinajstić information content (AvgIpc) is 3.30. The molecular weight excluding hydrogens is 468 g/mol. The number of aryl methyl sites for hydroxylation is 1. The highest BCUT2D eigenvalue weighted by atomic mass is 79.9. The molecule has 3 aromatic carbocycles. The van der Waals surface area contributed by atoms with E-state index in [4.69, 9.17) is 4.74 Å². The normalized spacial score (nSPS) is 18.1. The number of nitrogens with one attached hydrogen (secondary N) is 3. The van der Waals surface area contributed by atoms with Crippen molar-refractivity contribution >= 4 is 28.1 Å². The second kappa shape index (κ2) is 10.5. The zero-order valence-electron chi connectivity index (χ0n) is 17.7. The van der Waals surface area contributed by atoms with Crippen LogP contribution in [0.3, 0.4) is 0 Å². The van der Waals surface area contributed by atoms with Crippen molar-refractivity contribution in [3.8, 4) is 5.75 Å². The number of amides is 1. The lowest BCUT2D eigenvalue weighted by Crippen LogP contribution is -2.41. The van der Waals surface area contributed by atoms with Gasteiger partial charge in [-0.2, -0.15) is 5.10 Å². The van der Waals surface area contributed by atoms with Crippen LogP contribution in [0.4, 0.5) is 0 Å². The lowest BCUT2D eigenvalue weighted by Gasteiger charge is -2.11. The molecule has 0 radical (unpaired) electrons. The van der Waals surface area contributed by atoms with Crippen LogP contribution in [-0.4, -0.2) is 18.2 Å². The first kappa shape index (κ1) is 22.2. The Bertz CT molecular complexity index is 1080. The van der Waals surface area contributed by atoms with E-state index in [-0.39, 0.29) is 18.0 Å². The van der Waals surface area contributed by atoms with Crippen molar-refractivity contribution in [3.63, 3.8) is 0 Å². The summed E-state index contributed by atoms with van der Waals surface area (Å²) >= 11 is 3.42. The fourth-order valence-electron chi connectivity index (χ4n) is 3.43. The zero-order chi connectivity index (χ0) is 22.3. The van der Waals surface area contributed by atoms with Crippen molar-refractivity contribution in [3.05, 3.63) is 99.5 Å². The minimum absolute atomic E-state index is 0.0333. The van der Waals surface area contributed by atoms with Gasteiger partial charge in [-0.15, -0.1) is 0 Å². The lowest BCUT2D eigenvalue weighted by molar-refractivity contribution is -0.122. The van der Waals surface area contributed by atoms with Crippen LogP contribution in [0.15, 0.2) is 82.4 Å². The molecule has 7 heteroatoms. The number of hydrogen-bond acceptors (Lipinski definition) is 5. The molecule has 3 N–H and O–H groups in total. The number of carbonyl (C=O) groups excluding carboxylic acids is 1. The fraction of sp³-hybridized carbons (Fsp3) is 0.200. The number of ether oxygens (including phenoxy) is 1. The second-order valence-corrected chi connectivity index (χ2v) is 8.68. The number of hydrogen-bond donors (Lipinski definition) is 3. The van der Waals surface area contributed by atoms with E-state index in [2.05, 4.69) is 68.5 Å². The van der Waals surface area contributed by atoms with Crippen LogP contribution in [0.25, 0.3) is 0 Å². The van der Waals surface area contributed by atoms with Crippen molar-refractivity contribution < 1.29 is 9.53 Å². The summed E-state index contributed by atoms with van der Waals surface area (Å²) in [4.78, 5) is 12.4. The summed E-state index contributed by atoms with van der Waals surface area (Å²) in [5.74, 6) is 0.640. The minimum Gasteiger partial charge on any atom is -0.489 e. The number of carbonyl (C=O) groups is 1. The van der Waals surface area contributed by atoms with E-state index in [0.717, 1.165) is 26.9 Å². The molecule has 0 spiro atoms. The van der Waals surface area contributed by atoms with Crippen LogP contribution in [0.5, 0.6) is 5.75 Å². The Kier molecular flexibility index (Phi) is 7.32. The van der Waals surface area contributed by atoms with E-state index in [1.807, 2.05) is 48.5 Å². The Hall–Kier alpha value is -3.00. The molecule has 32 heavy (non-hydrogen) atoms. The molecule has 164 valence electrons. The molecule has 1 aliphatic rings. The SMILES string of the molecule is Cc1ccc(COc2ccc(C3CC(C(=O)N/N=C/c4cccc(Br)c4)NN3)cc2)cc1. The van der Waals surface area contributed by atoms with E-state index < -0.39 is 0 Å². The van der Waals surface area contributed by atoms with Crippen molar-refractivity contribution in [1.82, 2.24) is 16.3 Å². The van der Waals surface area contributed by atoms with Crippen molar-refractivity contribution in [2.75, 3.05) is 0 Å². The maximum absolute atomic E-state index is 12.4. The molecule has 6 nitrogen and oxygen atoms in total. The predicted molar refractivity (Wildman–Crippen MR) is 129 cm³/mol. The van der Waals surface area contributed by atoms with Crippen LogP contribution in [-0.2, 0) is 11.4 Å². The summed E-state index contributed by atoms with van der Waals surface area (Å²) in [6, 6.07) is 23.6. The highest BCUT2D eigenvalue weighted by Gasteiger charge is 2.30. The fourth-order valence-corrected chi connectivity index (χ4v) is 3.85. The van der Waals surface area contributed by atoms with Gasteiger partial charge >= 0.3 is 0 Å². The largest absolute Gasteiger partial charge is 0.489 e. The Balaban J connectivity index is 1.26. The molecule has 1 fully saturated rings. The minimum atomic E-state index is -0.364. The van der Waals surface area contributed by atoms with Crippen LogP contribution in [0, 0.1) is 6.92 Å². The molecule has 3 aromatic rings. The first-order chi connectivity index (χ1) is 15.6. The molecule has 2 unspecified atom stereocenters. The molecule has 1 heterocycles. The molecule has 4 rings (SSSR count). The Morgan fingerprint density at radius 3 is 2.66 bits per heavy atom. The molecule has 1 aliphatic heterocycles. The van der Waals surface area contributed by atoms with Crippen LogP contribution in [0.1, 0.15) is 34.7 Å². The Morgan fingerprint density at radius 2 is 1.91 bits per heavy atom. The first-order valence-corrected chi connectivity index (χ1v) is 11.2. The van der Waals surface area contributed by atoms with Crippen molar-refractivity contribution in [2.45, 2.75) is 32.0 Å². The summed E-state index contributed by atoms with van der Waals surface area (Å²) < 4.78 is 6.84. The van der Waals surface area contributed by atoms with E-state index >= 15 is 0 Å². The number of hydrazine groups is 1. The van der Waals surface area contributed by atoms with Crippen LogP contribution in [0.2, 0.25) is 0 Å². The molecule has 1 saturated heterocycles. The predicted octanol–water partition coefficient (Wildman–Crippen LogP) is 4.39. The van der Waals surface area contributed by atoms with Gasteiger partial charge in [0.25, 0.3) is 5.91 Å². The van der Waals surface area contributed by atoms with E-state index in [1.165, 1.54) is 5.56 Å². The second-order valence-electron chi connectivity index (χ2n) is 7.76. The summed E-state index contributed by atoms with van der Waals surface area (Å²) in [6.07, 6.45) is 2.25. The molecule has 0 aliphatic carbocycles. The molecule has 0 bridgehead atoms. The third-order valence-electron chi connectivity index (χ3n) is 5.27. The monoisotopic (exact) mass is 492 g/mol. The van der Waals surface area contributed by atoms with Gasteiger partial charge in [-0.25, -0.2) is 16.3 Å². The average molecular weight is 493 g/mol. The van der Waals surface area contributed by atoms with Gasteiger partial charge < -0.3 is 4.74 Å². The Labute approximate surface area is 196 Å². The maximum Gasteiger partial charge on any atom is 0.258 e. The van der Waals surface area contributed by atoms with E-state index in [0.29, 0.717) is 13.0 Å². The summed E-state index contributed by atoms with van der Waals surface area (Å²) in [6.45, 7) is 2.60. The highest BCUT2D eigenvalue weighted by Crippen LogP contribution is 2.24. The number of hydrazone groups is 1. The van der Waals surface area contributed by atoms with Gasteiger partial charge in [0.15, 0.2) is 0 Å². The van der Waals surface area contributed by atoms with Crippen molar-refractivity contribution in [1.29, 1.82) is 0 Å². The molecule has 1 amide bonds. The Morgan fingerprint density at radius 1 is 1.12 bits per heavy atom. The van der Waals surface area contributed by atoms with Crippen LogP contribution < -0.4 is 21.0 Å². The third kappa shape index (κ3) is 6.03. The van der Waals surface area contributed by atoms with Crippen LogP contribution >= 0.6 is 15.9 Å². The van der Waals surface area contributed by atoms with Gasteiger partial charge in [0.05, 0.1) is 6.21 Å². The third-order valence-corrected chi connectivity index (χ3v) is 5.76. The van der Waals surface area contributed by atoms with Gasteiger partial charge in [0.2, 0.25) is 0 Å². The van der Waals surface area contributed by atoms with Crippen molar-refractivity contribution in [2.24, 2.45) is 5.10 Å². The quantitative estimate of drug-likeness (QED) is 0.337. The number of rotatable bonds is 7. The zero-order valence-corrected chi connectivity index (χ0v) is 19.3. The maximum atomic E-state index is 12.4.